The molecule has 2 rings (SSSR count). The van der Waals surface area contributed by atoms with E-state index in [0.717, 1.165) is 17.7 Å². The molecule has 4 nitrogen and oxygen atoms in total. The molecule has 0 bridgehead atoms. The zero-order valence-electron chi connectivity index (χ0n) is 12.4. The van der Waals surface area contributed by atoms with E-state index in [1.165, 1.54) is 6.07 Å². The molecule has 1 atom stereocenters. The average Bonchev–Trinajstić information content (AvgIpc) is 2.56. The number of hydrogen-bond donors (Lipinski definition) is 3. The number of hydrogen-bond acceptors (Lipinski definition) is 2. The minimum atomic E-state index is -1.02. The zero-order valence-corrected chi connectivity index (χ0v) is 12.4. The van der Waals surface area contributed by atoms with Crippen molar-refractivity contribution < 1.29 is 18.7 Å². The van der Waals surface area contributed by atoms with E-state index in [0.29, 0.717) is 13.0 Å². The lowest BCUT2D eigenvalue weighted by Crippen LogP contribution is -2.32. The van der Waals surface area contributed by atoms with E-state index in [9.17, 15) is 13.6 Å². The second kappa shape index (κ2) is 8.24. The van der Waals surface area contributed by atoms with Crippen molar-refractivity contribution in [1.29, 1.82) is 0 Å². The molecule has 0 saturated carbocycles. The number of carbonyl (C=O) groups excluding carboxylic acids is 1. The van der Waals surface area contributed by atoms with Gasteiger partial charge in [0.05, 0.1) is 0 Å². The molecule has 0 aliphatic rings. The van der Waals surface area contributed by atoms with Crippen molar-refractivity contribution in [3.63, 3.8) is 0 Å². The van der Waals surface area contributed by atoms with Crippen molar-refractivity contribution in [1.82, 2.24) is 5.32 Å². The van der Waals surface area contributed by atoms with Gasteiger partial charge in [-0.2, -0.15) is 0 Å². The third-order valence-corrected chi connectivity index (χ3v) is 3.44. The van der Waals surface area contributed by atoms with Crippen LogP contribution in [0.4, 0.5) is 19.3 Å². The summed E-state index contributed by atoms with van der Waals surface area (Å²) in [5, 5.41) is 14.3. The number of carbonyl (C=O) groups is 1. The summed E-state index contributed by atoms with van der Waals surface area (Å²) < 4.78 is 25.9. The fraction of sp³-hybridized carbons (Fsp3) is 0.235. The van der Waals surface area contributed by atoms with Crippen molar-refractivity contribution >= 4 is 11.7 Å². The topological polar surface area (TPSA) is 61.4 Å². The van der Waals surface area contributed by atoms with Gasteiger partial charge in [0, 0.05) is 30.8 Å². The monoisotopic (exact) mass is 320 g/mol. The number of aliphatic hydroxyl groups excluding tert-OH is 1. The third-order valence-electron chi connectivity index (χ3n) is 3.44. The van der Waals surface area contributed by atoms with Crippen molar-refractivity contribution in [2.75, 3.05) is 18.5 Å². The standard InChI is InChI=1S/C17H18F2N2O2/c18-15-7-6-14(10-16(15)19)21-17(23)20-11-13(8-9-22)12-4-2-1-3-5-12/h1-7,10,13,22H,8-9,11H2,(H2,20,21,23). The van der Waals surface area contributed by atoms with Gasteiger partial charge in [0.25, 0.3) is 0 Å². The maximum Gasteiger partial charge on any atom is 0.319 e. The lowest BCUT2D eigenvalue weighted by atomic mass is 9.96. The highest BCUT2D eigenvalue weighted by atomic mass is 19.2. The SMILES string of the molecule is O=C(NCC(CCO)c1ccccc1)Nc1ccc(F)c(F)c1. The van der Waals surface area contributed by atoms with E-state index in [2.05, 4.69) is 10.6 Å². The Hall–Kier alpha value is -2.47. The smallest absolute Gasteiger partial charge is 0.319 e. The van der Waals surface area contributed by atoms with Crippen LogP contribution in [0.25, 0.3) is 0 Å². The summed E-state index contributed by atoms with van der Waals surface area (Å²) in [7, 11) is 0. The summed E-state index contributed by atoms with van der Waals surface area (Å²) >= 11 is 0. The molecule has 0 aliphatic carbocycles. The Labute approximate surface area is 133 Å². The molecule has 0 spiro atoms. The van der Waals surface area contributed by atoms with E-state index in [1.807, 2.05) is 30.3 Å². The summed E-state index contributed by atoms with van der Waals surface area (Å²) in [6.45, 7) is 0.326. The number of aliphatic hydroxyl groups is 1. The summed E-state index contributed by atoms with van der Waals surface area (Å²) in [6.07, 6.45) is 0.509. The van der Waals surface area contributed by atoms with Crippen LogP contribution in [0, 0.1) is 11.6 Å². The van der Waals surface area contributed by atoms with E-state index < -0.39 is 17.7 Å². The van der Waals surface area contributed by atoms with Gasteiger partial charge in [0.1, 0.15) is 0 Å². The van der Waals surface area contributed by atoms with Gasteiger partial charge in [0.2, 0.25) is 0 Å². The highest BCUT2D eigenvalue weighted by molar-refractivity contribution is 5.89. The third kappa shape index (κ3) is 5.03. The fourth-order valence-corrected chi connectivity index (χ4v) is 2.23. The van der Waals surface area contributed by atoms with Gasteiger partial charge < -0.3 is 15.7 Å². The molecule has 3 N–H and O–H groups in total. The molecule has 6 heteroatoms. The Morgan fingerprint density at radius 1 is 1.09 bits per heavy atom. The van der Waals surface area contributed by atoms with Crippen molar-refractivity contribution in [3.8, 4) is 0 Å². The van der Waals surface area contributed by atoms with Gasteiger partial charge in [0.15, 0.2) is 11.6 Å². The fourth-order valence-electron chi connectivity index (χ4n) is 2.23. The molecule has 2 amide bonds. The molecule has 0 radical (unpaired) electrons. The zero-order chi connectivity index (χ0) is 16.7. The molecule has 0 aromatic heterocycles. The number of nitrogens with one attached hydrogen (secondary N) is 2. The van der Waals surface area contributed by atoms with Gasteiger partial charge in [-0.15, -0.1) is 0 Å². The van der Waals surface area contributed by atoms with Crippen LogP contribution in [0.2, 0.25) is 0 Å². The first-order chi connectivity index (χ1) is 11.1. The predicted octanol–water partition coefficient (Wildman–Crippen LogP) is 3.25. The molecular formula is C17H18F2N2O2. The summed E-state index contributed by atoms with van der Waals surface area (Å²) in [5.74, 6) is -2.02. The number of benzene rings is 2. The van der Waals surface area contributed by atoms with Crippen LogP contribution in [0.5, 0.6) is 0 Å². The van der Waals surface area contributed by atoms with Gasteiger partial charge in [-0.25, -0.2) is 13.6 Å². The minimum absolute atomic E-state index is 0.00599. The first-order valence-electron chi connectivity index (χ1n) is 7.26. The van der Waals surface area contributed by atoms with Gasteiger partial charge in [-0.05, 0) is 24.1 Å². The summed E-state index contributed by atoms with van der Waals surface area (Å²) in [4.78, 5) is 11.8. The minimum Gasteiger partial charge on any atom is -0.396 e. The Balaban J connectivity index is 1.92. The highest BCUT2D eigenvalue weighted by Crippen LogP contribution is 2.18. The molecule has 0 aliphatic heterocycles. The molecule has 23 heavy (non-hydrogen) atoms. The van der Waals surface area contributed by atoms with Crippen LogP contribution in [0.1, 0.15) is 17.9 Å². The van der Waals surface area contributed by atoms with Crippen molar-refractivity contribution in [2.24, 2.45) is 0 Å². The number of anilines is 1. The molecule has 1 unspecified atom stereocenters. The molecule has 0 fully saturated rings. The average molecular weight is 320 g/mol. The second-order valence-electron chi connectivity index (χ2n) is 5.08. The van der Waals surface area contributed by atoms with E-state index >= 15 is 0 Å². The van der Waals surface area contributed by atoms with Crippen molar-refractivity contribution in [2.45, 2.75) is 12.3 Å². The van der Waals surface area contributed by atoms with E-state index in [1.54, 1.807) is 0 Å². The van der Waals surface area contributed by atoms with Crippen LogP contribution in [0.3, 0.4) is 0 Å². The maximum atomic E-state index is 13.1. The van der Waals surface area contributed by atoms with Gasteiger partial charge >= 0.3 is 6.03 Å². The second-order valence-corrected chi connectivity index (χ2v) is 5.08. The first-order valence-corrected chi connectivity index (χ1v) is 7.26. The Kier molecular flexibility index (Phi) is 6.05. The predicted molar refractivity (Wildman–Crippen MR) is 84.3 cm³/mol. The number of rotatable bonds is 6. The van der Waals surface area contributed by atoms with Crippen LogP contribution >= 0.6 is 0 Å². The van der Waals surface area contributed by atoms with E-state index in [-0.39, 0.29) is 18.2 Å². The molecule has 2 aromatic carbocycles. The van der Waals surface area contributed by atoms with E-state index in [4.69, 9.17) is 5.11 Å². The highest BCUT2D eigenvalue weighted by Gasteiger charge is 2.13. The molecule has 2 aromatic rings. The lowest BCUT2D eigenvalue weighted by molar-refractivity contribution is 0.248. The summed E-state index contributed by atoms with van der Waals surface area (Å²) in [5.41, 5.74) is 1.18. The van der Waals surface area contributed by atoms with Gasteiger partial charge in [-0.1, -0.05) is 30.3 Å². The Morgan fingerprint density at radius 3 is 2.48 bits per heavy atom. The molecule has 0 saturated heterocycles. The number of halogens is 2. The van der Waals surface area contributed by atoms with Crippen LogP contribution in [-0.2, 0) is 0 Å². The van der Waals surface area contributed by atoms with Crippen LogP contribution in [-0.4, -0.2) is 24.3 Å². The Bertz CT molecular complexity index is 650. The number of urea groups is 1. The normalized spacial score (nSPS) is 11.8. The molecular weight excluding hydrogens is 302 g/mol. The first kappa shape index (κ1) is 16.9. The van der Waals surface area contributed by atoms with Crippen LogP contribution < -0.4 is 10.6 Å². The summed E-state index contributed by atoms with van der Waals surface area (Å²) in [6, 6.07) is 12.1. The van der Waals surface area contributed by atoms with Gasteiger partial charge in [-0.3, -0.25) is 0 Å². The Morgan fingerprint density at radius 2 is 1.83 bits per heavy atom. The van der Waals surface area contributed by atoms with Crippen LogP contribution in [0.15, 0.2) is 48.5 Å². The largest absolute Gasteiger partial charge is 0.396 e. The maximum absolute atomic E-state index is 13.1. The molecule has 122 valence electrons. The van der Waals surface area contributed by atoms with Crippen molar-refractivity contribution in [3.05, 3.63) is 65.7 Å². The lowest BCUT2D eigenvalue weighted by Gasteiger charge is -2.17. The number of amides is 2. The quantitative estimate of drug-likeness (QED) is 0.765. The molecule has 0 heterocycles.